The first-order valence-electron chi connectivity index (χ1n) is 13.0. The number of carbonyl (C=O) groups excluding carboxylic acids is 3. The van der Waals surface area contributed by atoms with E-state index in [1.807, 2.05) is 36.5 Å². The fourth-order valence-electron chi connectivity index (χ4n) is 5.73. The van der Waals surface area contributed by atoms with Gasteiger partial charge < -0.3 is 9.64 Å². The van der Waals surface area contributed by atoms with Gasteiger partial charge in [0.25, 0.3) is 5.91 Å². The molecule has 3 amide bonds. The maximum Gasteiger partial charge on any atom is 0.255 e. The Balaban J connectivity index is 1.11. The van der Waals surface area contributed by atoms with Crippen LogP contribution < -0.4 is 10.1 Å². The van der Waals surface area contributed by atoms with E-state index in [4.69, 9.17) is 4.74 Å². The second kappa shape index (κ2) is 9.94. The molecule has 0 saturated carbocycles. The molecule has 2 saturated heterocycles. The van der Waals surface area contributed by atoms with E-state index in [0.717, 1.165) is 41.7 Å². The summed E-state index contributed by atoms with van der Waals surface area (Å²) in [6, 6.07) is 15.6. The van der Waals surface area contributed by atoms with Gasteiger partial charge in [0.2, 0.25) is 11.8 Å². The second-order valence-electron chi connectivity index (χ2n) is 10.2. The lowest BCUT2D eigenvalue weighted by Crippen LogP contribution is -2.52. The van der Waals surface area contributed by atoms with Crippen molar-refractivity contribution in [3.63, 3.8) is 0 Å². The van der Waals surface area contributed by atoms with Crippen molar-refractivity contribution >= 4 is 28.6 Å². The van der Waals surface area contributed by atoms with E-state index >= 15 is 0 Å². The zero-order valence-electron chi connectivity index (χ0n) is 20.7. The number of pyridine rings is 1. The van der Waals surface area contributed by atoms with Crippen LogP contribution in [0.25, 0.3) is 10.9 Å². The van der Waals surface area contributed by atoms with Crippen molar-refractivity contribution in [1.29, 1.82) is 0 Å². The molecular formula is C29H30N4O4. The Hall–Kier alpha value is -3.78. The van der Waals surface area contributed by atoms with E-state index in [2.05, 4.69) is 27.3 Å². The Bertz CT molecular complexity index is 1370. The lowest BCUT2D eigenvalue weighted by atomic mass is 10.0. The van der Waals surface area contributed by atoms with Crippen LogP contribution in [0.1, 0.15) is 53.6 Å². The van der Waals surface area contributed by atoms with Gasteiger partial charge in [0.05, 0.1) is 5.52 Å². The van der Waals surface area contributed by atoms with Crippen molar-refractivity contribution in [1.82, 2.24) is 20.1 Å². The van der Waals surface area contributed by atoms with Crippen LogP contribution in [0.15, 0.2) is 54.7 Å². The van der Waals surface area contributed by atoms with Gasteiger partial charge in [-0.05, 0) is 67.3 Å². The van der Waals surface area contributed by atoms with E-state index in [1.165, 1.54) is 18.4 Å². The maximum absolute atomic E-state index is 12.9. The number of aromatic nitrogens is 1. The first-order valence-corrected chi connectivity index (χ1v) is 13.0. The zero-order chi connectivity index (χ0) is 25.4. The van der Waals surface area contributed by atoms with E-state index in [1.54, 1.807) is 11.0 Å². The highest BCUT2D eigenvalue weighted by Crippen LogP contribution is 2.31. The molecule has 0 aliphatic carbocycles. The van der Waals surface area contributed by atoms with Gasteiger partial charge in [0.15, 0.2) is 0 Å². The molecule has 37 heavy (non-hydrogen) atoms. The van der Waals surface area contributed by atoms with Crippen LogP contribution >= 0.6 is 0 Å². The summed E-state index contributed by atoms with van der Waals surface area (Å²) in [7, 11) is 0. The van der Waals surface area contributed by atoms with Gasteiger partial charge in [0.1, 0.15) is 18.4 Å². The lowest BCUT2D eigenvalue weighted by molar-refractivity contribution is -0.136. The Morgan fingerprint density at radius 1 is 1.03 bits per heavy atom. The molecule has 3 aliphatic heterocycles. The molecule has 190 valence electrons. The second-order valence-corrected chi connectivity index (χ2v) is 10.2. The van der Waals surface area contributed by atoms with Crippen LogP contribution in [0.3, 0.4) is 0 Å². The summed E-state index contributed by atoms with van der Waals surface area (Å²) >= 11 is 0. The van der Waals surface area contributed by atoms with E-state index in [9.17, 15) is 14.4 Å². The fraction of sp³-hybridized carbons (Fsp3) is 0.379. The number of carbonyl (C=O) groups is 3. The summed E-state index contributed by atoms with van der Waals surface area (Å²) in [4.78, 5) is 45.4. The van der Waals surface area contributed by atoms with Crippen molar-refractivity contribution < 1.29 is 19.1 Å². The fourth-order valence-corrected chi connectivity index (χ4v) is 5.73. The van der Waals surface area contributed by atoms with Gasteiger partial charge in [0, 0.05) is 42.7 Å². The largest absolute Gasteiger partial charge is 0.492 e. The number of imide groups is 1. The average molecular weight is 499 g/mol. The number of para-hydroxylation sites is 1. The van der Waals surface area contributed by atoms with E-state index in [0.29, 0.717) is 31.2 Å². The van der Waals surface area contributed by atoms with Crippen molar-refractivity contribution in [3.8, 4) is 5.75 Å². The predicted molar refractivity (Wildman–Crippen MR) is 138 cm³/mol. The summed E-state index contributed by atoms with van der Waals surface area (Å²) in [5.41, 5.74) is 3.67. The van der Waals surface area contributed by atoms with Gasteiger partial charge in [-0.25, -0.2) is 0 Å². The molecule has 2 aromatic carbocycles. The quantitative estimate of drug-likeness (QED) is 0.524. The molecule has 0 bridgehead atoms. The molecule has 0 radical (unpaired) electrons. The predicted octanol–water partition coefficient (Wildman–Crippen LogP) is 3.43. The first kappa shape index (κ1) is 23.6. The molecule has 3 aromatic rings. The highest BCUT2D eigenvalue weighted by Gasteiger charge is 2.39. The molecule has 2 unspecified atom stereocenters. The summed E-state index contributed by atoms with van der Waals surface area (Å²) in [5.74, 6) is -0.115. The molecule has 2 atom stereocenters. The SMILES string of the molecule is O=C1CCC(N2Cc3cc(OCC4CCCCN4Cc4cnc5ccccc5c4)ccc3C2=O)C(=O)N1. The standard InChI is InChI=1S/C29H30N4O4/c34-27-11-10-26(28(35)31-27)33-17-21-14-23(8-9-24(21)29(33)36)37-18-22-6-3-4-12-32(22)16-19-13-20-5-1-2-7-25(20)30-15-19/h1-2,5,7-9,13-15,22,26H,3-4,6,10-12,16-18H2,(H,31,34,35). The molecule has 3 aliphatic rings. The molecule has 1 aromatic heterocycles. The third kappa shape index (κ3) is 4.81. The number of piperidine rings is 2. The van der Waals surface area contributed by atoms with Gasteiger partial charge >= 0.3 is 0 Å². The van der Waals surface area contributed by atoms with Crippen LogP contribution in [0.4, 0.5) is 0 Å². The lowest BCUT2D eigenvalue weighted by Gasteiger charge is -2.35. The Morgan fingerprint density at radius 3 is 2.81 bits per heavy atom. The number of fused-ring (bicyclic) bond motifs is 2. The molecule has 1 N–H and O–H groups in total. The maximum atomic E-state index is 12.9. The van der Waals surface area contributed by atoms with Crippen LogP contribution in [0.2, 0.25) is 0 Å². The molecule has 4 heterocycles. The highest BCUT2D eigenvalue weighted by molar-refractivity contribution is 6.05. The third-order valence-corrected chi connectivity index (χ3v) is 7.72. The average Bonchev–Trinajstić information content (AvgIpc) is 3.23. The number of hydrogen-bond acceptors (Lipinski definition) is 6. The monoisotopic (exact) mass is 498 g/mol. The van der Waals surface area contributed by atoms with Crippen LogP contribution in [0, 0.1) is 0 Å². The first-order chi connectivity index (χ1) is 18.0. The zero-order valence-corrected chi connectivity index (χ0v) is 20.7. The number of rotatable bonds is 6. The van der Waals surface area contributed by atoms with Gasteiger partial charge in [-0.2, -0.15) is 0 Å². The molecule has 0 spiro atoms. The molecular weight excluding hydrogens is 468 g/mol. The summed E-state index contributed by atoms with van der Waals surface area (Å²) in [6.45, 7) is 2.79. The molecule has 8 heteroatoms. The van der Waals surface area contributed by atoms with Crippen molar-refractivity contribution in [2.24, 2.45) is 0 Å². The van der Waals surface area contributed by atoms with Gasteiger partial charge in [-0.3, -0.25) is 29.6 Å². The Morgan fingerprint density at radius 2 is 1.92 bits per heavy atom. The number of likely N-dealkylation sites (tertiary alicyclic amines) is 1. The van der Waals surface area contributed by atoms with Crippen molar-refractivity contribution in [2.75, 3.05) is 13.2 Å². The smallest absolute Gasteiger partial charge is 0.255 e. The number of amides is 3. The minimum Gasteiger partial charge on any atom is -0.492 e. The number of benzene rings is 2. The van der Waals surface area contributed by atoms with Gasteiger partial charge in [-0.1, -0.05) is 24.6 Å². The summed E-state index contributed by atoms with van der Waals surface area (Å²) < 4.78 is 6.25. The number of nitrogens with one attached hydrogen (secondary N) is 1. The van der Waals surface area contributed by atoms with Crippen molar-refractivity contribution in [3.05, 3.63) is 71.4 Å². The number of ether oxygens (including phenoxy) is 1. The molecule has 6 rings (SSSR count). The normalized spacial score (nSPS) is 22.3. The summed E-state index contributed by atoms with van der Waals surface area (Å²) in [5, 5.41) is 3.50. The Labute approximate surface area is 215 Å². The minimum atomic E-state index is -0.609. The molecule has 8 nitrogen and oxygen atoms in total. The molecule has 2 fully saturated rings. The number of hydrogen-bond donors (Lipinski definition) is 1. The van der Waals surface area contributed by atoms with Crippen LogP contribution in [0.5, 0.6) is 5.75 Å². The van der Waals surface area contributed by atoms with Gasteiger partial charge in [-0.15, -0.1) is 0 Å². The third-order valence-electron chi connectivity index (χ3n) is 7.72. The summed E-state index contributed by atoms with van der Waals surface area (Å²) in [6.07, 6.45) is 6.01. The number of nitrogens with zero attached hydrogens (tertiary/aromatic N) is 3. The van der Waals surface area contributed by atoms with Crippen LogP contribution in [-0.4, -0.2) is 57.7 Å². The topological polar surface area (TPSA) is 91.8 Å². The Kier molecular flexibility index (Phi) is 6.34. The minimum absolute atomic E-state index is 0.168. The van der Waals surface area contributed by atoms with E-state index in [-0.39, 0.29) is 18.2 Å². The highest BCUT2D eigenvalue weighted by atomic mass is 16.5. The van der Waals surface area contributed by atoms with Crippen molar-refractivity contribution in [2.45, 2.75) is 57.3 Å². The van der Waals surface area contributed by atoms with E-state index < -0.39 is 11.9 Å². The van der Waals surface area contributed by atoms with Crippen LogP contribution in [-0.2, 0) is 22.7 Å².